The molecule has 1 fully saturated rings. The van der Waals surface area contributed by atoms with Gasteiger partial charge in [0.2, 0.25) is 17.7 Å². The van der Waals surface area contributed by atoms with E-state index < -0.39 is 0 Å². The lowest BCUT2D eigenvalue weighted by Gasteiger charge is -2.20. The Labute approximate surface area is 130 Å². The van der Waals surface area contributed by atoms with E-state index in [2.05, 4.69) is 10.6 Å². The lowest BCUT2D eigenvalue weighted by molar-refractivity contribution is -0.129. The Morgan fingerprint density at radius 2 is 2.00 bits per heavy atom. The van der Waals surface area contributed by atoms with Gasteiger partial charge in [0.1, 0.15) is 0 Å². The molecule has 2 N–H and O–H groups in total. The second-order valence-electron chi connectivity index (χ2n) is 5.47. The topological polar surface area (TPSA) is 78.5 Å². The number of hydrogen-bond donors (Lipinski definition) is 2. The van der Waals surface area contributed by atoms with E-state index in [0.29, 0.717) is 38.4 Å². The highest BCUT2D eigenvalue weighted by molar-refractivity contribution is 6.17. The summed E-state index contributed by atoms with van der Waals surface area (Å²) < 4.78 is 0. The lowest BCUT2D eigenvalue weighted by atomic mass is 10.1. The van der Waals surface area contributed by atoms with E-state index in [1.165, 1.54) is 0 Å². The normalized spacial score (nSPS) is 18.2. The third kappa shape index (κ3) is 5.91. The maximum atomic E-state index is 12.0. The van der Waals surface area contributed by atoms with Crippen LogP contribution in [0.25, 0.3) is 0 Å². The minimum Gasteiger partial charge on any atom is -0.354 e. The summed E-state index contributed by atoms with van der Waals surface area (Å²) in [4.78, 5) is 36.7. The minimum atomic E-state index is -0.285. The van der Waals surface area contributed by atoms with Crippen LogP contribution >= 0.6 is 11.6 Å². The largest absolute Gasteiger partial charge is 0.354 e. The van der Waals surface area contributed by atoms with Gasteiger partial charge in [-0.25, -0.2) is 0 Å². The van der Waals surface area contributed by atoms with Gasteiger partial charge >= 0.3 is 0 Å². The van der Waals surface area contributed by atoms with Crippen molar-refractivity contribution >= 4 is 29.3 Å². The second kappa shape index (κ2) is 8.87. The molecule has 1 aliphatic rings. The van der Waals surface area contributed by atoms with Gasteiger partial charge in [-0.05, 0) is 20.3 Å². The Morgan fingerprint density at radius 3 is 2.57 bits per heavy atom. The van der Waals surface area contributed by atoms with Crippen molar-refractivity contribution in [2.24, 2.45) is 5.92 Å². The zero-order valence-electron chi connectivity index (χ0n) is 12.7. The Bertz CT molecular complexity index is 388. The Kier molecular flexibility index (Phi) is 7.50. The van der Waals surface area contributed by atoms with Gasteiger partial charge in [0.15, 0.2) is 0 Å². The van der Waals surface area contributed by atoms with Crippen molar-refractivity contribution in [3.05, 3.63) is 0 Å². The molecule has 120 valence electrons. The zero-order chi connectivity index (χ0) is 15.8. The smallest absolute Gasteiger partial charge is 0.225 e. The number of nitrogens with one attached hydrogen (secondary N) is 2. The van der Waals surface area contributed by atoms with E-state index in [1.807, 2.05) is 13.8 Å². The fourth-order valence-electron chi connectivity index (χ4n) is 2.25. The summed E-state index contributed by atoms with van der Waals surface area (Å²) in [5.74, 6) is 0.0199. The van der Waals surface area contributed by atoms with Crippen molar-refractivity contribution in [2.45, 2.75) is 39.2 Å². The summed E-state index contributed by atoms with van der Waals surface area (Å²) >= 11 is 5.50. The molecule has 0 aromatic carbocycles. The monoisotopic (exact) mass is 317 g/mol. The van der Waals surface area contributed by atoms with Crippen LogP contribution in [-0.2, 0) is 14.4 Å². The van der Waals surface area contributed by atoms with Gasteiger partial charge in [0.25, 0.3) is 0 Å². The van der Waals surface area contributed by atoms with Gasteiger partial charge in [-0.3, -0.25) is 14.4 Å². The summed E-state index contributed by atoms with van der Waals surface area (Å²) in [7, 11) is 0. The number of carbonyl (C=O) groups excluding carboxylic acids is 3. The first kappa shape index (κ1) is 17.8. The van der Waals surface area contributed by atoms with E-state index in [4.69, 9.17) is 11.6 Å². The highest BCUT2D eigenvalue weighted by atomic mass is 35.5. The van der Waals surface area contributed by atoms with Gasteiger partial charge in [-0.15, -0.1) is 11.6 Å². The Balaban J connectivity index is 2.20. The van der Waals surface area contributed by atoms with Crippen molar-refractivity contribution in [3.8, 4) is 0 Å². The standard InChI is InChI=1S/C14H24ClN3O3/c1-10(2)18-9-11(8-13(18)20)14(21)17-7-6-16-12(19)4-3-5-15/h10-11H,3-9H2,1-2H3,(H,16,19)(H,17,21). The first-order chi connectivity index (χ1) is 9.95. The number of halogens is 1. The maximum Gasteiger partial charge on any atom is 0.225 e. The third-order valence-electron chi connectivity index (χ3n) is 3.44. The predicted octanol–water partition coefficient (Wildman–Crippen LogP) is 0.495. The van der Waals surface area contributed by atoms with Crippen LogP contribution < -0.4 is 10.6 Å². The van der Waals surface area contributed by atoms with Crippen LogP contribution in [0.1, 0.15) is 33.1 Å². The fourth-order valence-corrected chi connectivity index (χ4v) is 2.39. The highest BCUT2D eigenvalue weighted by Gasteiger charge is 2.35. The molecular weight excluding hydrogens is 294 g/mol. The van der Waals surface area contributed by atoms with E-state index in [-0.39, 0.29) is 36.1 Å². The van der Waals surface area contributed by atoms with Crippen molar-refractivity contribution < 1.29 is 14.4 Å². The molecular formula is C14H24ClN3O3. The van der Waals surface area contributed by atoms with E-state index in [9.17, 15) is 14.4 Å². The number of rotatable bonds is 8. The zero-order valence-corrected chi connectivity index (χ0v) is 13.4. The van der Waals surface area contributed by atoms with Crippen molar-refractivity contribution in [1.29, 1.82) is 0 Å². The number of nitrogens with zero attached hydrogens (tertiary/aromatic N) is 1. The molecule has 1 rings (SSSR count). The average Bonchev–Trinajstić information content (AvgIpc) is 2.83. The Hall–Kier alpha value is -1.30. The van der Waals surface area contributed by atoms with E-state index >= 15 is 0 Å². The summed E-state index contributed by atoms with van der Waals surface area (Å²) in [5, 5.41) is 5.47. The molecule has 1 atom stereocenters. The molecule has 0 saturated carbocycles. The third-order valence-corrected chi connectivity index (χ3v) is 3.70. The predicted molar refractivity (Wildman–Crippen MR) is 80.9 cm³/mol. The lowest BCUT2D eigenvalue weighted by Crippen LogP contribution is -2.39. The van der Waals surface area contributed by atoms with Crippen LogP contribution in [-0.4, -0.2) is 54.2 Å². The quantitative estimate of drug-likeness (QED) is 0.505. The summed E-state index contributed by atoms with van der Waals surface area (Å²) in [6, 6.07) is 0.122. The molecule has 1 saturated heterocycles. The molecule has 7 heteroatoms. The van der Waals surface area contributed by atoms with Gasteiger partial charge < -0.3 is 15.5 Å². The SMILES string of the molecule is CC(C)N1CC(C(=O)NCCNC(=O)CCCCl)CC1=O. The number of alkyl halides is 1. The van der Waals surface area contributed by atoms with Crippen LogP contribution in [0.3, 0.4) is 0 Å². The first-order valence-electron chi connectivity index (χ1n) is 7.35. The van der Waals surface area contributed by atoms with Gasteiger partial charge in [-0.1, -0.05) is 0 Å². The van der Waals surface area contributed by atoms with E-state index in [1.54, 1.807) is 4.90 Å². The minimum absolute atomic E-state index is 0.0273. The van der Waals surface area contributed by atoms with Crippen molar-refractivity contribution in [2.75, 3.05) is 25.5 Å². The molecule has 0 aromatic rings. The van der Waals surface area contributed by atoms with Gasteiger partial charge in [0.05, 0.1) is 5.92 Å². The maximum absolute atomic E-state index is 12.0. The van der Waals surface area contributed by atoms with Crippen LogP contribution in [0.4, 0.5) is 0 Å². The number of likely N-dealkylation sites (tertiary alicyclic amines) is 1. The molecule has 3 amide bonds. The van der Waals surface area contributed by atoms with E-state index in [0.717, 1.165) is 0 Å². The van der Waals surface area contributed by atoms with Crippen molar-refractivity contribution in [1.82, 2.24) is 15.5 Å². The summed E-state index contributed by atoms with van der Waals surface area (Å²) in [6.07, 6.45) is 1.32. The molecule has 0 spiro atoms. The molecule has 6 nitrogen and oxygen atoms in total. The number of amides is 3. The highest BCUT2D eigenvalue weighted by Crippen LogP contribution is 2.19. The number of carbonyl (C=O) groups is 3. The average molecular weight is 318 g/mol. The summed E-state index contributed by atoms with van der Waals surface area (Å²) in [5.41, 5.74) is 0. The fraction of sp³-hybridized carbons (Fsp3) is 0.786. The van der Waals surface area contributed by atoms with Crippen molar-refractivity contribution in [3.63, 3.8) is 0 Å². The van der Waals surface area contributed by atoms with Crippen LogP contribution in [0.15, 0.2) is 0 Å². The van der Waals surface area contributed by atoms with Crippen LogP contribution in [0, 0.1) is 5.92 Å². The van der Waals surface area contributed by atoms with Crippen LogP contribution in [0.2, 0.25) is 0 Å². The van der Waals surface area contributed by atoms with Gasteiger partial charge in [-0.2, -0.15) is 0 Å². The molecule has 1 unspecified atom stereocenters. The number of hydrogen-bond acceptors (Lipinski definition) is 3. The van der Waals surface area contributed by atoms with Gasteiger partial charge in [0, 0.05) is 44.4 Å². The molecule has 1 aliphatic heterocycles. The molecule has 0 aliphatic carbocycles. The van der Waals surface area contributed by atoms with Crippen LogP contribution in [0.5, 0.6) is 0 Å². The second-order valence-corrected chi connectivity index (χ2v) is 5.85. The molecule has 0 aromatic heterocycles. The Morgan fingerprint density at radius 1 is 1.33 bits per heavy atom. The summed E-state index contributed by atoms with van der Waals surface area (Å²) in [6.45, 7) is 5.12. The first-order valence-corrected chi connectivity index (χ1v) is 7.89. The molecule has 21 heavy (non-hydrogen) atoms. The molecule has 0 bridgehead atoms. The molecule has 1 heterocycles. The molecule has 0 radical (unpaired) electrons.